The maximum atomic E-state index is 13.4. The number of nitrogens with one attached hydrogen (secondary N) is 2. The van der Waals surface area contributed by atoms with Crippen molar-refractivity contribution in [1.29, 1.82) is 0 Å². The van der Waals surface area contributed by atoms with Gasteiger partial charge in [0, 0.05) is 69.8 Å². The Balaban J connectivity index is 1.96. The summed E-state index contributed by atoms with van der Waals surface area (Å²) in [5, 5.41) is 19.2. The molecule has 0 aliphatic rings. The van der Waals surface area contributed by atoms with E-state index in [1.54, 1.807) is 12.1 Å². The van der Waals surface area contributed by atoms with Crippen LogP contribution >= 0.6 is 0 Å². The fourth-order valence-corrected chi connectivity index (χ4v) is 4.86. The van der Waals surface area contributed by atoms with Crippen LogP contribution in [0.2, 0.25) is 0 Å². The quantitative estimate of drug-likeness (QED) is 0.0406. The fourth-order valence-electron chi connectivity index (χ4n) is 4.86. The number of aromatic nitrogens is 1. The van der Waals surface area contributed by atoms with Gasteiger partial charge in [0.2, 0.25) is 5.75 Å². The third-order valence-electron chi connectivity index (χ3n) is 7.86. The molecule has 2 rings (SSSR count). The molecule has 1 heterocycles. The van der Waals surface area contributed by atoms with Crippen LogP contribution in [0.4, 0.5) is 0 Å². The third-order valence-corrected chi connectivity index (χ3v) is 7.86. The zero-order valence-corrected chi connectivity index (χ0v) is 36.7. The van der Waals surface area contributed by atoms with Crippen LogP contribution in [0.15, 0.2) is 50.9 Å². The highest BCUT2D eigenvalue weighted by Crippen LogP contribution is 2.39. The van der Waals surface area contributed by atoms with Crippen LogP contribution in [0.3, 0.4) is 0 Å². The molecule has 1 aromatic heterocycles. The molecule has 0 aliphatic heterocycles. The van der Waals surface area contributed by atoms with E-state index in [1.807, 2.05) is 0 Å². The summed E-state index contributed by atoms with van der Waals surface area (Å²) in [6, 6.07) is 6.23. The Morgan fingerprint density at radius 1 is 0.470 bits per heavy atom. The SMILES string of the molecule is [N-]=[N+]=NCCOCCOCCOc1cc(C(=O)NCCOCCOCCNC(=O)c2ccc(CN=[N+]=[N-])nc2)cc(OCCOCCOCCN=[N+]=[N-])c1OCCOCCOCCN=[N+]=[N-]. The average Bonchev–Trinajstić information content (AvgIpc) is 3.33. The number of rotatable bonds is 43. The second-order valence-corrected chi connectivity index (χ2v) is 12.5. The van der Waals surface area contributed by atoms with Crippen molar-refractivity contribution in [1.82, 2.24) is 15.6 Å². The Labute approximate surface area is 380 Å². The summed E-state index contributed by atoms with van der Waals surface area (Å²) in [6.07, 6.45) is 1.40. The molecule has 2 N–H and O–H groups in total. The summed E-state index contributed by atoms with van der Waals surface area (Å²) in [6.45, 7) is 5.19. The number of hydrogen-bond donors (Lipinski definition) is 2. The summed E-state index contributed by atoms with van der Waals surface area (Å²) in [4.78, 5) is 40.5. The normalized spacial score (nSPS) is 10.4. The lowest BCUT2D eigenvalue weighted by molar-refractivity contribution is 0.0331. The van der Waals surface area contributed by atoms with E-state index < -0.39 is 5.91 Å². The maximum Gasteiger partial charge on any atom is 0.252 e. The minimum absolute atomic E-state index is 0.0703. The summed E-state index contributed by atoms with van der Waals surface area (Å²) >= 11 is 0. The van der Waals surface area contributed by atoms with Crippen molar-refractivity contribution in [3.63, 3.8) is 0 Å². The number of nitrogens with zero attached hydrogens (tertiary/aromatic N) is 13. The molecule has 0 saturated heterocycles. The van der Waals surface area contributed by atoms with Crippen molar-refractivity contribution >= 4 is 11.8 Å². The molecule has 0 fully saturated rings. The highest BCUT2D eigenvalue weighted by Gasteiger charge is 2.19. The summed E-state index contributed by atoms with van der Waals surface area (Å²) in [7, 11) is 0. The van der Waals surface area contributed by atoms with Gasteiger partial charge in [-0.25, -0.2) is 0 Å². The molecule has 0 atom stereocenters. The first-order chi connectivity index (χ1) is 32.5. The Morgan fingerprint density at radius 3 is 1.26 bits per heavy atom. The lowest BCUT2D eigenvalue weighted by Crippen LogP contribution is -2.28. The highest BCUT2D eigenvalue weighted by molar-refractivity contribution is 5.95. The number of carbonyl (C=O) groups excluding carboxylic acids is 2. The molecule has 2 aromatic rings. The van der Waals surface area contributed by atoms with Crippen molar-refractivity contribution in [3.8, 4) is 17.2 Å². The van der Waals surface area contributed by atoms with Crippen LogP contribution in [-0.4, -0.2) is 175 Å². The van der Waals surface area contributed by atoms with Crippen LogP contribution in [-0.2, 0) is 44.4 Å². The van der Waals surface area contributed by atoms with Crippen molar-refractivity contribution in [2.45, 2.75) is 6.54 Å². The van der Waals surface area contributed by atoms with Gasteiger partial charge in [-0.1, -0.05) is 20.5 Å². The largest absolute Gasteiger partial charge is 0.487 e. The van der Waals surface area contributed by atoms with Crippen LogP contribution in [0.5, 0.6) is 17.2 Å². The first-order valence-corrected chi connectivity index (χ1v) is 20.8. The molecule has 0 radical (unpaired) electrons. The fraction of sp³-hybridized carbons (Fsp3) is 0.658. The number of pyridine rings is 1. The second kappa shape index (κ2) is 40.2. The van der Waals surface area contributed by atoms with Gasteiger partial charge in [0.15, 0.2) is 11.5 Å². The van der Waals surface area contributed by atoms with Crippen LogP contribution in [0.1, 0.15) is 26.4 Å². The van der Waals surface area contributed by atoms with Gasteiger partial charge in [0.1, 0.15) is 19.8 Å². The molecule has 0 saturated carbocycles. The molecule has 0 bridgehead atoms. The minimum Gasteiger partial charge on any atom is -0.487 e. The molecule has 362 valence electrons. The van der Waals surface area contributed by atoms with E-state index in [0.29, 0.717) is 11.3 Å². The summed E-state index contributed by atoms with van der Waals surface area (Å²) < 4.78 is 62.2. The molecule has 0 aliphatic carbocycles. The molecular weight excluding hydrogens is 875 g/mol. The Bertz CT molecular complexity index is 1790. The van der Waals surface area contributed by atoms with E-state index in [0.717, 1.165) is 0 Å². The lowest BCUT2D eigenvalue weighted by Gasteiger charge is -2.19. The number of benzene rings is 1. The molecule has 28 heteroatoms. The van der Waals surface area contributed by atoms with Crippen molar-refractivity contribution < 1.29 is 61.7 Å². The van der Waals surface area contributed by atoms with Gasteiger partial charge in [-0.05, 0) is 46.4 Å². The number of azide groups is 4. The van der Waals surface area contributed by atoms with Crippen LogP contribution < -0.4 is 24.8 Å². The Hall–Kier alpha value is -6.37. The van der Waals surface area contributed by atoms with E-state index in [-0.39, 0.29) is 194 Å². The molecule has 0 spiro atoms. The Morgan fingerprint density at radius 2 is 0.848 bits per heavy atom. The molecule has 2 amide bonds. The highest BCUT2D eigenvalue weighted by atomic mass is 16.6. The van der Waals surface area contributed by atoms with Gasteiger partial charge >= 0.3 is 0 Å². The topological polar surface area (TPSA) is 368 Å². The zero-order chi connectivity index (χ0) is 47.4. The summed E-state index contributed by atoms with van der Waals surface area (Å²) in [5.74, 6) is -0.161. The predicted octanol–water partition coefficient (Wildman–Crippen LogP) is 4.25. The van der Waals surface area contributed by atoms with Gasteiger partial charge in [-0.3, -0.25) is 14.6 Å². The van der Waals surface area contributed by atoms with Gasteiger partial charge in [0.25, 0.3) is 11.8 Å². The van der Waals surface area contributed by atoms with Crippen molar-refractivity contribution in [3.05, 3.63) is 89.1 Å². The van der Waals surface area contributed by atoms with E-state index in [2.05, 4.69) is 55.7 Å². The van der Waals surface area contributed by atoms with Gasteiger partial charge < -0.3 is 62.7 Å². The molecule has 66 heavy (non-hydrogen) atoms. The van der Waals surface area contributed by atoms with Crippen LogP contribution in [0, 0.1) is 0 Å². The average molecular weight is 932 g/mol. The maximum absolute atomic E-state index is 13.4. The predicted molar refractivity (Wildman–Crippen MR) is 233 cm³/mol. The summed E-state index contributed by atoms with van der Waals surface area (Å²) in [5.41, 5.74) is 34.7. The standard InChI is InChI=1S/C38H57N15O13/c39-50-46-5-10-58-15-18-61-21-24-64-34-27-32(38(55)44-4-9-57-14-13-56-8-3-43-37(54)31-1-2-33(45-29-31)30-49-53-42)28-35(65-25-22-62-19-16-59-11-6-47-51-40)36(34)66-26-23-63-20-17-60-12-7-48-52-41/h1-2,27-29H,3-26,30H2,(H,43,54)(H,44,55). The minimum atomic E-state index is -0.445. The first kappa shape index (κ1) is 55.8. The monoisotopic (exact) mass is 931 g/mol. The third kappa shape index (κ3) is 28.4. The lowest BCUT2D eigenvalue weighted by atomic mass is 10.1. The van der Waals surface area contributed by atoms with Gasteiger partial charge in [0.05, 0.1) is 118 Å². The van der Waals surface area contributed by atoms with Gasteiger partial charge in [-0.2, -0.15) is 0 Å². The number of hydrogen-bond acceptors (Lipinski definition) is 18. The molecule has 1 aromatic carbocycles. The van der Waals surface area contributed by atoms with E-state index in [1.165, 1.54) is 18.3 Å². The number of ether oxygens (including phenoxy) is 11. The van der Waals surface area contributed by atoms with E-state index >= 15 is 0 Å². The number of carbonyl (C=O) groups is 2. The van der Waals surface area contributed by atoms with Gasteiger partial charge in [-0.15, -0.1) is 0 Å². The van der Waals surface area contributed by atoms with Crippen molar-refractivity contribution in [2.75, 3.05) is 158 Å². The second-order valence-electron chi connectivity index (χ2n) is 12.5. The number of amides is 2. The molecular formula is C38H57N15O13. The first-order valence-electron chi connectivity index (χ1n) is 20.8. The molecule has 28 nitrogen and oxygen atoms in total. The van der Waals surface area contributed by atoms with Crippen LogP contribution in [0.25, 0.3) is 41.8 Å². The van der Waals surface area contributed by atoms with Crippen molar-refractivity contribution in [2.24, 2.45) is 20.5 Å². The van der Waals surface area contributed by atoms with E-state index in [9.17, 15) is 9.59 Å². The van der Waals surface area contributed by atoms with E-state index in [4.69, 9.17) is 74.2 Å². The molecule has 0 unspecified atom stereocenters. The smallest absolute Gasteiger partial charge is 0.252 e. The zero-order valence-electron chi connectivity index (χ0n) is 36.7. The Kier molecular flexibility index (Phi) is 33.9.